The zero-order valence-electron chi connectivity index (χ0n) is 15.1. The molecule has 1 aromatic carbocycles. The summed E-state index contributed by atoms with van der Waals surface area (Å²) in [4.78, 5) is 22.2. The monoisotopic (exact) mass is 366 g/mol. The highest BCUT2D eigenvalue weighted by atomic mass is 16.5. The average Bonchev–Trinajstić information content (AvgIpc) is 2.66. The lowest BCUT2D eigenvalue weighted by Gasteiger charge is -2.24. The van der Waals surface area contributed by atoms with Gasteiger partial charge in [0.05, 0.1) is 23.9 Å². The van der Waals surface area contributed by atoms with Crippen LogP contribution in [0.15, 0.2) is 24.3 Å². The zero-order valence-corrected chi connectivity index (χ0v) is 15.1. The molecule has 0 heterocycles. The lowest BCUT2D eigenvalue weighted by atomic mass is 9.87. The molecule has 26 heavy (non-hydrogen) atoms. The Bertz CT molecular complexity index is 557. The van der Waals surface area contributed by atoms with Crippen LogP contribution >= 0.6 is 0 Å². The van der Waals surface area contributed by atoms with Gasteiger partial charge in [0.15, 0.2) is 0 Å². The van der Waals surface area contributed by atoms with Crippen molar-refractivity contribution in [1.82, 2.24) is 0 Å². The molecule has 0 aliphatic heterocycles. The molecule has 2 rings (SSSR count). The second kappa shape index (κ2) is 12.4. The SMILES string of the molecule is NC(N)C1CCCCC1.O=C(O)c1cccc(C(=O)OCCCCO)c1. The van der Waals surface area contributed by atoms with Crippen LogP contribution in [0.1, 0.15) is 65.7 Å². The maximum atomic E-state index is 11.5. The van der Waals surface area contributed by atoms with E-state index in [4.69, 9.17) is 26.4 Å². The smallest absolute Gasteiger partial charge is 0.338 e. The van der Waals surface area contributed by atoms with E-state index in [1.807, 2.05) is 0 Å². The van der Waals surface area contributed by atoms with E-state index in [9.17, 15) is 9.59 Å². The molecule has 0 saturated heterocycles. The Kier molecular flexibility index (Phi) is 10.5. The van der Waals surface area contributed by atoms with Crippen LogP contribution in [0.5, 0.6) is 0 Å². The van der Waals surface area contributed by atoms with E-state index in [2.05, 4.69) is 0 Å². The molecule has 146 valence electrons. The van der Waals surface area contributed by atoms with E-state index in [1.165, 1.54) is 56.4 Å². The first-order chi connectivity index (χ1) is 12.5. The Labute approximate surface area is 154 Å². The number of aliphatic hydroxyl groups is 1. The first-order valence-electron chi connectivity index (χ1n) is 9.08. The van der Waals surface area contributed by atoms with Gasteiger partial charge in [-0.05, 0) is 49.8 Å². The van der Waals surface area contributed by atoms with Crippen molar-refractivity contribution < 1.29 is 24.5 Å². The summed E-state index contributed by atoms with van der Waals surface area (Å²) in [5, 5.41) is 17.3. The Morgan fingerprint density at radius 1 is 1.12 bits per heavy atom. The highest BCUT2D eigenvalue weighted by Gasteiger charge is 2.16. The molecule has 0 amide bonds. The van der Waals surface area contributed by atoms with Crippen molar-refractivity contribution in [2.24, 2.45) is 17.4 Å². The fourth-order valence-corrected chi connectivity index (χ4v) is 2.76. The molecule has 0 bridgehead atoms. The normalized spacial score (nSPS) is 14.5. The van der Waals surface area contributed by atoms with Gasteiger partial charge in [-0.25, -0.2) is 9.59 Å². The van der Waals surface area contributed by atoms with Gasteiger partial charge >= 0.3 is 11.9 Å². The van der Waals surface area contributed by atoms with Crippen LogP contribution in [0.2, 0.25) is 0 Å². The van der Waals surface area contributed by atoms with Crippen molar-refractivity contribution >= 4 is 11.9 Å². The van der Waals surface area contributed by atoms with Crippen molar-refractivity contribution in [1.29, 1.82) is 0 Å². The molecule has 1 saturated carbocycles. The first-order valence-corrected chi connectivity index (χ1v) is 9.08. The lowest BCUT2D eigenvalue weighted by molar-refractivity contribution is 0.0492. The van der Waals surface area contributed by atoms with E-state index in [1.54, 1.807) is 0 Å². The summed E-state index contributed by atoms with van der Waals surface area (Å²) in [5.41, 5.74) is 11.4. The van der Waals surface area contributed by atoms with Crippen molar-refractivity contribution in [2.45, 2.75) is 51.1 Å². The van der Waals surface area contributed by atoms with Crippen LogP contribution in [0.25, 0.3) is 0 Å². The number of aromatic carboxylic acids is 1. The van der Waals surface area contributed by atoms with Gasteiger partial charge in [-0.2, -0.15) is 0 Å². The minimum absolute atomic E-state index is 0.0507. The second-order valence-electron chi connectivity index (χ2n) is 6.43. The summed E-state index contributed by atoms with van der Waals surface area (Å²) in [6.07, 6.45) is 7.62. The Morgan fingerprint density at radius 3 is 2.31 bits per heavy atom. The molecule has 1 aromatic rings. The summed E-state index contributed by atoms with van der Waals surface area (Å²) in [5.74, 6) is -1.02. The predicted molar refractivity (Wildman–Crippen MR) is 98.7 cm³/mol. The molecule has 0 unspecified atom stereocenters. The van der Waals surface area contributed by atoms with E-state index in [0.717, 1.165) is 0 Å². The minimum atomic E-state index is -1.08. The van der Waals surface area contributed by atoms with E-state index in [0.29, 0.717) is 18.8 Å². The molecule has 1 aliphatic rings. The third-order valence-corrected chi connectivity index (χ3v) is 4.32. The van der Waals surface area contributed by atoms with Gasteiger partial charge in [0.25, 0.3) is 0 Å². The summed E-state index contributed by atoms with van der Waals surface area (Å²) >= 11 is 0. The number of carboxylic acids is 1. The number of hydrogen-bond acceptors (Lipinski definition) is 6. The molecular formula is C19H30N2O5. The van der Waals surface area contributed by atoms with Crippen LogP contribution in [-0.2, 0) is 4.74 Å². The number of carboxylic acid groups (broad SMARTS) is 1. The Balaban J connectivity index is 0.000000314. The summed E-state index contributed by atoms with van der Waals surface area (Å²) in [6.45, 7) is 0.280. The highest BCUT2D eigenvalue weighted by Crippen LogP contribution is 2.23. The number of nitrogens with two attached hydrogens (primary N) is 2. The predicted octanol–water partition coefficient (Wildman–Crippen LogP) is 2.12. The number of aliphatic hydroxyl groups excluding tert-OH is 1. The topological polar surface area (TPSA) is 136 Å². The lowest BCUT2D eigenvalue weighted by Crippen LogP contribution is -2.39. The van der Waals surface area contributed by atoms with Crippen molar-refractivity contribution in [3.8, 4) is 0 Å². The van der Waals surface area contributed by atoms with E-state index >= 15 is 0 Å². The van der Waals surface area contributed by atoms with Crippen LogP contribution in [0, 0.1) is 5.92 Å². The molecule has 1 fully saturated rings. The maximum absolute atomic E-state index is 11.5. The molecule has 6 N–H and O–H groups in total. The number of carbonyl (C=O) groups excluding carboxylic acids is 1. The van der Waals surface area contributed by atoms with Gasteiger partial charge in [-0.15, -0.1) is 0 Å². The molecule has 7 heteroatoms. The van der Waals surface area contributed by atoms with Gasteiger partial charge in [0, 0.05) is 6.61 Å². The third-order valence-electron chi connectivity index (χ3n) is 4.32. The molecule has 0 radical (unpaired) electrons. The first kappa shape index (κ1) is 22.1. The maximum Gasteiger partial charge on any atom is 0.338 e. The Morgan fingerprint density at radius 2 is 1.77 bits per heavy atom. The van der Waals surface area contributed by atoms with Crippen LogP contribution in [-0.4, -0.2) is 41.5 Å². The number of esters is 1. The largest absolute Gasteiger partial charge is 0.478 e. The standard InChI is InChI=1S/C12H14O5.C7H16N2/c13-6-1-2-7-17-12(16)10-5-3-4-9(8-10)11(14)15;8-7(9)6-4-2-1-3-5-6/h3-5,8,13H,1-2,6-7H2,(H,14,15);6-7H,1-5,8-9H2. The van der Waals surface area contributed by atoms with Crippen LogP contribution in [0.3, 0.4) is 0 Å². The fraction of sp³-hybridized carbons (Fsp3) is 0.579. The average molecular weight is 366 g/mol. The number of unbranched alkanes of at least 4 members (excludes halogenated alkanes) is 1. The molecular weight excluding hydrogens is 336 g/mol. The van der Waals surface area contributed by atoms with Gasteiger partial charge < -0.3 is 26.4 Å². The molecule has 0 aromatic heterocycles. The minimum Gasteiger partial charge on any atom is -0.478 e. The molecule has 0 spiro atoms. The summed E-state index contributed by atoms with van der Waals surface area (Å²) < 4.78 is 4.92. The Hall–Kier alpha value is -1.96. The number of rotatable bonds is 7. The van der Waals surface area contributed by atoms with Gasteiger partial charge in [-0.3, -0.25) is 0 Å². The highest BCUT2D eigenvalue weighted by molar-refractivity contribution is 5.94. The number of benzene rings is 1. The quantitative estimate of drug-likeness (QED) is 0.330. The molecule has 7 nitrogen and oxygen atoms in total. The summed E-state index contributed by atoms with van der Waals surface area (Å²) in [6, 6.07) is 5.68. The van der Waals surface area contributed by atoms with Gasteiger partial charge in [0.1, 0.15) is 0 Å². The summed E-state index contributed by atoms with van der Waals surface area (Å²) in [7, 11) is 0. The molecule has 1 aliphatic carbocycles. The van der Waals surface area contributed by atoms with Crippen molar-refractivity contribution in [3.63, 3.8) is 0 Å². The molecule has 0 atom stereocenters. The van der Waals surface area contributed by atoms with Crippen molar-refractivity contribution in [2.75, 3.05) is 13.2 Å². The van der Waals surface area contributed by atoms with Gasteiger partial charge in [-0.1, -0.05) is 25.3 Å². The number of ether oxygens (including phenoxy) is 1. The number of carbonyl (C=O) groups is 2. The zero-order chi connectivity index (χ0) is 19.4. The fourth-order valence-electron chi connectivity index (χ4n) is 2.76. The number of hydrogen-bond donors (Lipinski definition) is 4. The van der Waals surface area contributed by atoms with E-state index in [-0.39, 0.29) is 30.5 Å². The van der Waals surface area contributed by atoms with Crippen molar-refractivity contribution in [3.05, 3.63) is 35.4 Å². The van der Waals surface area contributed by atoms with Gasteiger partial charge in [0.2, 0.25) is 0 Å². The third kappa shape index (κ3) is 8.42. The van der Waals surface area contributed by atoms with Crippen LogP contribution < -0.4 is 11.5 Å². The van der Waals surface area contributed by atoms with E-state index < -0.39 is 11.9 Å². The second-order valence-corrected chi connectivity index (χ2v) is 6.43. The van der Waals surface area contributed by atoms with Crippen LogP contribution in [0.4, 0.5) is 0 Å².